The van der Waals surface area contributed by atoms with Crippen LogP contribution in [0.3, 0.4) is 0 Å². The molecule has 1 aliphatic heterocycles. The Hall–Kier alpha value is -1.07. The van der Waals surface area contributed by atoms with E-state index >= 15 is 0 Å². The predicted octanol–water partition coefficient (Wildman–Crippen LogP) is 3.34. The summed E-state index contributed by atoms with van der Waals surface area (Å²) in [5.74, 6) is 0. The van der Waals surface area contributed by atoms with E-state index in [1.807, 2.05) is 11.3 Å². The van der Waals surface area contributed by atoms with Gasteiger partial charge in [-0.3, -0.25) is 4.90 Å². The monoisotopic (exact) mass is 321 g/mol. The maximum Gasteiger partial charge on any atom is 0.315 e. The van der Waals surface area contributed by atoms with E-state index in [9.17, 15) is 4.79 Å². The van der Waals surface area contributed by atoms with Gasteiger partial charge in [-0.25, -0.2) is 4.79 Å². The Bertz CT molecular complexity index is 448. The van der Waals surface area contributed by atoms with Crippen molar-refractivity contribution in [2.24, 2.45) is 0 Å². The van der Waals surface area contributed by atoms with Crippen LogP contribution in [0.25, 0.3) is 0 Å². The molecule has 5 heteroatoms. The van der Waals surface area contributed by atoms with Crippen molar-refractivity contribution in [2.75, 3.05) is 13.1 Å². The SMILES string of the molecule is O=C(NC1CCCCC1)NC1CCN(Cc2cccs2)CC1. The minimum Gasteiger partial charge on any atom is -0.335 e. The molecule has 0 unspecified atom stereocenters. The van der Waals surface area contributed by atoms with Crippen molar-refractivity contribution in [2.45, 2.75) is 63.6 Å². The molecule has 4 nitrogen and oxygen atoms in total. The predicted molar refractivity (Wildman–Crippen MR) is 91.2 cm³/mol. The molecule has 122 valence electrons. The van der Waals surface area contributed by atoms with Gasteiger partial charge in [0.1, 0.15) is 0 Å². The van der Waals surface area contributed by atoms with E-state index in [-0.39, 0.29) is 6.03 Å². The fourth-order valence-electron chi connectivity index (χ4n) is 3.52. The average molecular weight is 321 g/mol. The highest BCUT2D eigenvalue weighted by molar-refractivity contribution is 7.09. The number of carbonyl (C=O) groups is 1. The summed E-state index contributed by atoms with van der Waals surface area (Å²) >= 11 is 1.83. The number of nitrogens with zero attached hydrogens (tertiary/aromatic N) is 1. The van der Waals surface area contributed by atoms with Crippen LogP contribution in [-0.2, 0) is 6.54 Å². The van der Waals surface area contributed by atoms with Crippen LogP contribution < -0.4 is 10.6 Å². The van der Waals surface area contributed by atoms with Gasteiger partial charge in [-0.05, 0) is 37.1 Å². The lowest BCUT2D eigenvalue weighted by Gasteiger charge is -2.32. The Morgan fingerprint density at radius 1 is 1.09 bits per heavy atom. The molecule has 1 aliphatic carbocycles. The van der Waals surface area contributed by atoms with E-state index in [2.05, 4.69) is 33.0 Å². The Balaban J connectivity index is 1.35. The molecular weight excluding hydrogens is 294 g/mol. The van der Waals surface area contributed by atoms with Crippen molar-refractivity contribution < 1.29 is 4.79 Å². The van der Waals surface area contributed by atoms with Gasteiger partial charge in [0.05, 0.1) is 0 Å². The lowest BCUT2D eigenvalue weighted by Crippen LogP contribution is -2.50. The highest BCUT2D eigenvalue weighted by atomic mass is 32.1. The zero-order valence-electron chi connectivity index (χ0n) is 13.2. The molecule has 1 saturated heterocycles. The minimum absolute atomic E-state index is 0.0450. The van der Waals surface area contributed by atoms with Gasteiger partial charge in [-0.15, -0.1) is 11.3 Å². The number of nitrogens with one attached hydrogen (secondary N) is 2. The summed E-state index contributed by atoms with van der Waals surface area (Å²) in [6.45, 7) is 3.21. The zero-order chi connectivity index (χ0) is 15.2. The van der Waals surface area contributed by atoms with Gasteiger partial charge >= 0.3 is 6.03 Å². The van der Waals surface area contributed by atoms with Crippen molar-refractivity contribution in [1.82, 2.24) is 15.5 Å². The third-order valence-electron chi connectivity index (χ3n) is 4.82. The topological polar surface area (TPSA) is 44.4 Å². The molecule has 2 fully saturated rings. The van der Waals surface area contributed by atoms with Crippen molar-refractivity contribution >= 4 is 17.4 Å². The van der Waals surface area contributed by atoms with E-state index in [0.717, 1.165) is 45.3 Å². The van der Waals surface area contributed by atoms with Gasteiger partial charge in [-0.2, -0.15) is 0 Å². The number of thiophene rings is 1. The second-order valence-corrected chi connectivity index (χ2v) is 7.61. The first-order chi connectivity index (χ1) is 10.8. The third kappa shape index (κ3) is 4.71. The summed E-state index contributed by atoms with van der Waals surface area (Å²) in [6, 6.07) is 5.09. The van der Waals surface area contributed by atoms with Gasteiger partial charge in [0.2, 0.25) is 0 Å². The number of hydrogen-bond acceptors (Lipinski definition) is 3. The summed E-state index contributed by atoms with van der Waals surface area (Å²) in [5, 5.41) is 8.46. The fourth-order valence-corrected chi connectivity index (χ4v) is 4.26. The number of rotatable bonds is 4. The lowest BCUT2D eigenvalue weighted by molar-refractivity contribution is 0.185. The van der Waals surface area contributed by atoms with Gasteiger partial charge in [0.25, 0.3) is 0 Å². The summed E-state index contributed by atoms with van der Waals surface area (Å²) in [6.07, 6.45) is 8.24. The molecule has 0 spiro atoms. The van der Waals surface area contributed by atoms with Crippen molar-refractivity contribution in [1.29, 1.82) is 0 Å². The van der Waals surface area contributed by atoms with E-state index in [1.165, 1.54) is 24.1 Å². The highest BCUT2D eigenvalue weighted by Gasteiger charge is 2.22. The smallest absolute Gasteiger partial charge is 0.315 e. The molecule has 0 aromatic carbocycles. The molecule has 0 radical (unpaired) electrons. The summed E-state index contributed by atoms with van der Waals surface area (Å²) < 4.78 is 0. The molecule has 2 N–H and O–H groups in total. The lowest BCUT2D eigenvalue weighted by atomic mass is 9.96. The first-order valence-electron chi connectivity index (χ1n) is 8.61. The number of piperidine rings is 1. The Morgan fingerprint density at radius 3 is 2.41 bits per heavy atom. The molecule has 2 aliphatic rings. The summed E-state index contributed by atoms with van der Waals surface area (Å²) in [5.41, 5.74) is 0. The van der Waals surface area contributed by atoms with E-state index < -0.39 is 0 Å². The van der Waals surface area contributed by atoms with Gasteiger partial charge in [0.15, 0.2) is 0 Å². The van der Waals surface area contributed by atoms with Crippen molar-refractivity contribution in [3.8, 4) is 0 Å². The van der Waals surface area contributed by atoms with Crippen LogP contribution in [0.5, 0.6) is 0 Å². The van der Waals surface area contributed by atoms with E-state index in [1.54, 1.807) is 0 Å². The fraction of sp³-hybridized carbons (Fsp3) is 0.706. The molecule has 0 atom stereocenters. The first-order valence-corrected chi connectivity index (χ1v) is 9.49. The molecular formula is C17H27N3OS. The zero-order valence-corrected chi connectivity index (χ0v) is 14.0. The normalized spacial score (nSPS) is 21.6. The Kier molecular flexibility index (Phi) is 5.73. The standard InChI is InChI=1S/C17H27N3OS/c21-17(18-14-5-2-1-3-6-14)19-15-8-10-20(11-9-15)13-16-7-4-12-22-16/h4,7,12,14-15H,1-3,5-6,8-11,13H2,(H2,18,19,21). The molecule has 1 aromatic heterocycles. The van der Waals surface area contributed by atoms with Crippen molar-refractivity contribution in [3.63, 3.8) is 0 Å². The largest absolute Gasteiger partial charge is 0.335 e. The molecule has 3 rings (SSSR count). The molecule has 22 heavy (non-hydrogen) atoms. The molecule has 2 heterocycles. The average Bonchev–Trinajstić information content (AvgIpc) is 3.03. The quantitative estimate of drug-likeness (QED) is 0.893. The number of amides is 2. The summed E-state index contributed by atoms with van der Waals surface area (Å²) in [4.78, 5) is 16.0. The van der Waals surface area contributed by atoms with E-state index in [0.29, 0.717) is 12.1 Å². The van der Waals surface area contributed by atoms with Crippen LogP contribution in [0.15, 0.2) is 17.5 Å². The maximum absolute atomic E-state index is 12.1. The molecule has 1 aromatic rings. The van der Waals surface area contributed by atoms with Crippen LogP contribution in [0.2, 0.25) is 0 Å². The third-order valence-corrected chi connectivity index (χ3v) is 5.68. The van der Waals surface area contributed by atoms with Gasteiger partial charge < -0.3 is 10.6 Å². The van der Waals surface area contributed by atoms with Crippen LogP contribution in [0.4, 0.5) is 4.79 Å². The number of likely N-dealkylation sites (tertiary alicyclic amines) is 1. The number of urea groups is 1. The van der Waals surface area contributed by atoms with Crippen LogP contribution in [-0.4, -0.2) is 36.1 Å². The second kappa shape index (κ2) is 7.97. The second-order valence-electron chi connectivity index (χ2n) is 6.58. The summed E-state index contributed by atoms with van der Waals surface area (Å²) in [7, 11) is 0. The van der Waals surface area contributed by atoms with Crippen LogP contribution >= 0.6 is 11.3 Å². The highest BCUT2D eigenvalue weighted by Crippen LogP contribution is 2.18. The van der Waals surface area contributed by atoms with Crippen LogP contribution in [0, 0.1) is 0 Å². The Morgan fingerprint density at radius 2 is 1.77 bits per heavy atom. The van der Waals surface area contributed by atoms with Crippen molar-refractivity contribution in [3.05, 3.63) is 22.4 Å². The molecule has 2 amide bonds. The maximum atomic E-state index is 12.1. The van der Waals surface area contributed by atoms with Gasteiger partial charge in [-0.1, -0.05) is 25.3 Å². The first kappa shape index (κ1) is 15.8. The Labute approximate surface area is 137 Å². The van der Waals surface area contributed by atoms with Gasteiger partial charge in [0, 0.05) is 36.6 Å². The molecule has 1 saturated carbocycles. The van der Waals surface area contributed by atoms with E-state index in [4.69, 9.17) is 0 Å². The van der Waals surface area contributed by atoms with Crippen LogP contribution in [0.1, 0.15) is 49.8 Å². The number of carbonyl (C=O) groups excluding carboxylic acids is 1. The number of hydrogen-bond donors (Lipinski definition) is 2. The molecule has 0 bridgehead atoms. The minimum atomic E-state index is 0.0450.